The second-order valence-electron chi connectivity index (χ2n) is 5.86. The minimum absolute atomic E-state index is 0.288. The first-order chi connectivity index (χ1) is 9.56. The first-order valence-electron chi connectivity index (χ1n) is 7.43. The Balaban J connectivity index is 1.79. The van der Waals surface area contributed by atoms with Crippen LogP contribution in [0.25, 0.3) is 0 Å². The predicted molar refractivity (Wildman–Crippen MR) is 78.6 cm³/mol. The Morgan fingerprint density at radius 2 is 2.15 bits per heavy atom. The van der Waals surface area contributed by atoms with Crippen LogP contribution in [0.3, 0.4) is 0 Å². The first-order valence-corrected chi connectivity index (χ1v) is 7.43. The number of nitrogens with zero attached hydrogens (tertiary/aromatic N) is 4. The summed E-state index contributed by atoms with van der Waals surface area (Å²) in [7, 11) is 0. The maximum atomic E-state index is 6.02. The molecule has 0 saturated carbocycles. The number of piperidine rings is 1. The number of nitrogens with two attached hydrogens (primary N) is 1. The Kier molecular flexibility index (Phi) is 4.98. The largest absolute Gasteiger partial charge is 0.370 e. The summed E-state index contributed by atoms with van der Waals surface area (Å²) in [6.07, 6.45) is 3.03. The van der Waals surface area contributed by atoms with Crippen molar-refractivity contribution in [2.75, 3.05) is 19.6 Å². The fourth-order valence-electron chi connectivity index (χ4n) is 2.21. The van der Waals surface area contributed by atoms with Crippen LogP contribution in [0.15, 0.2) is 9.52 Å². The molecule has 6 nitrogen and oxygen atoms in total. The second kappa shape index (κ2) is 6.72. The van der Waals surface area contributed by atoms with Gasteiger partial charge < -0.3 is 15.2 Å². The minimum atomic E-state index is 0.288. The topological polar surface area (TPSA) is 80.5 Å². The zero-order valence-electron chi connectivity index (χ0n) is 12.7. The molecule has 2 rings (SSSR count). The van der Waals surface area contributed by atoms with Crippen molar-refractivity contribution in [3.63, 3.8) is 0 Å². The summed E-state index contributed by atoms with van der Waals surface area (Å²) >= 11 is 0. The van der Waals surface area contributed by atoms with Gasteiger partial charge in [0, 0.05) is 25.4 Å². The highest BCUT2D eigenvalue weighted by Crippen LogP contribution is 2.15. The molecular weight excluding hydrogens is 254 g/mol. The van der Waals surface area contributed by atoms with Crippen molar-refractivity contribution in [2.45, 2.75) is 46.0 Å². The molecule has 0 radical (unpaired) electrons. The van der Waals surface area contributed by atoms with E-state index >= 15 is 0 Å². The van der Waals surface area contributed by atoms with Crippen LogP contribution in [0.1, 0.15) is 51.2 Å². The van der Waals surface area contributed by atoms with Crippen LogP contribution in [-0.2, 0) is 6.42 Å². The van der Waals surface area contributed by atoms with Gasteiger partial charge in [-0.2, -0.15) is 4.98 Å². The molecule has 112 valence electrons. The lowest BCUT2D eigenvalue weighted by Crippen LogP contribution is -2.42. The van der Waals surface area contributed by atoms with Gasteiger partial charge in [-0.3, -0.25) is 4.99 Å². The van der Waals surface area contributed by atoms with Crippen molar-refractivity contribution in [3.05, 3.63) is 11.7 Å². The molecule has 1 aromatic heterocycles. The van der Waals surface area contributed by atoms with Gasteiger partial charge in [-0.05, 0) is 18.8 Å². The number of rotatable bonds is 4. The summed E-state index contributed by atoms with van der Waals surface area (Å²) in [5.41, 5.74) is 6.02. The van der Waals surface area contributed by atoms with E-state index in [1.54, 1.807) is 0 Å². The van der Waals surface area contributed by atoms with Gasteiger partial charge in [0.25, 0.3) is 0 Å². The Bertz CT molecular complexity index is 446. The summed E-state index contributed by atoms with van der Waals surface area (Å²) in [5.74, 6) is 3.11. The fourth-order valence-corrected chi connectivity index (χ4v) is 2.21. The lowest BCUT2D eigenvalue weighted by molar-refractivity contribution is 0.277. The maximum absolute atomic E-state index is 6.02. The summed E-state index contributed by atoms with van der Waals surface area (Å²) in [6.45, 7) is 8.98. The van der Waals surface area contributed by atoms with E-state index in [-0.39, 0.29) is 5.92 Å². The molecular formula is C14H25N5O. The van der Waals surface area contributed by atoms with Gasteiger partial charge in [0.1, 0.15) is 0 Å². The van der Waals surface area contributed by atoms with Gasteiger partial charge in [-0.15, -0.1) is 0 Å². The van der Waals surface area contributed by atoms with Crippen molar-refractivity contribution in [1.29, 1.82) is 0 Å². The first kappa shape index (κ1) is 14.8. The molecule has 0 aliphatic carbocycles. The van der Waals surface area contributed by atoms with Crippen LogP contribution < -0.4 is 5.73 Å². The van der Waals surface area contributed by atoms with Crippen LogP contribution >= 0.6 is 0 Å². The summed E-state index contributed by atoms with van der Waals surface area (Å²) < 4.78 is 5.18. The van der Waals surface area contributed by atoms with Crippen LogP contribution in [0.2, 0.25) is 0 Å². The lowest BCUT2D eigenvalue weighted by Gasteiger charge is -2.30. The fraction of sp³-hybridized carbons (Fsp3) is 0.786. The molecule has 0 amide bonds. The normalized spacial score (nSPS) is 18.0. The van der Waals surface area contributed by atoms with Crippen LogP contribution in [0.4, 0.5) is 0 Å². The molecule has 0 unspecified atom stereocenters. The number of hydrogen-bond donors (Lipinski definition) is 1. The lowest BCUT2D eigenvalue weighted by atomic mass is 10.00. The maximum Gasteiger partial charge on any atom is 0.228 e. The average Bonchev–Trinajstić information content (AvgIpc) is 2.88. The monoisotopic (exact) mass is 279 g/mol. The molecule has 0 spiro atoms. The van der Waals surface area contributed by atoms with Crippen LogP contribution in [0.5, 0.6) is 0 Å². The van der Waals surface area contributed by atoms with E-state index in [9.17, 15) is 0 Å². The number of hydrogen-bond acceptors (Lipinski definition) is 4. The van der Waals surface area contributed by atoms with E-state index in [0.29, 0.717) is 24.8 Å². The van der Waals surface area contributed by atoms with Gasteiger partial charge in [-0.1, -0.05) is 25.9 Å². The van der Waals surface area contributed by atoms with Gasteiger partial charge in [-0.25, -0.2) is 0 Å². The average molecular weight is 279 g/mol. The Hall–Kier alpha value is -1.59. The third-order valence-corrected chi connectivity index (χ3v) is 3.71. The van der Waals surface area contributed by atoms with Crippen molar-refractivity contribution < 1.29 is 4.52 Å². The standard InChI is InChI=1S/C14H25N5O/c1-10(2)13-17-12(20-18-13)4-7-16-14(15)19-8-5-11(3)6-9-19/h10-11H,4-9H2,1-3H3,(H2,15,16). The van der Waals surface area contributed by atoms with E-state index in [1.165, 1.54) is 12.8 Å². The molecule has 2 heterocycles. The summed E-state index contributed by atoms with van der Waals surface area (Å²) in [4.78, 5) is 10.9. The molecule has 2 N–H and O–H groups in total. The molecule has 20 heavy (non-hydrogen) atoms. The zero-order chi connectivity index (χ0) is 14.5. The van der Waals surface area contributed by atoms with E-state index in [0.717, 1.165) is 24.8 Å². The molecule has 1 saturated heterocycles. The predicted octanol–water partition coefficient (Wildman–Crippen LogP) is 1.78. The van der Waals surface area contributed by atoms with Crippen molar-refractivity contribution in [1.82, 2.24) is 15.0 Å². The summed E-state index contributed by atoms with van der Waals surface area (Å²) in [6, 6.07) is 0. The van der Waals surface area contributed by atoms with Gasteiger partial charge >= 0.3 is 0 Å². The molecule has 6 heteroatoms. The van der Waals surface area contributed by atoms with Gasteiger partial charge in [0.05, 0.1) is 6.54 Å². The number of likely N-dealkylation sites (tertiary alicyclic amines) is 1. The number of aromatic nitrogens is 2. The number of guanidine groups is 1. The highest BCUT2D eigenvalue weighted by Gasteiger charge is 2.17. The molecule has 1 fully saturated rings. The molecule has 0 aromatic carbocycles. The highest BCUT2D eigenvalue weighted by atomic mass is 16.5. The summed E-state index contributed by atoms with van der Waals surface area (Å²) in [5, 5.41) is 3.94. The molecule has 1 aromatic rings. The van der Waals surface area contributed by atoms with E-state index in [1.807, 2.05) is 13.8 Å². The Morgan fingerprint density at radius 3 is 2.75 bits per heavy atom. The zero-order valence-corrected chi connectivity index (χ0v) is 12.7. The Labute approximate surface area is 120 Å². The smallest absolute Gasteiger partial charge is 0.228 e. The minimum Gasteiger partial charge on any atom is -0.370 e. The van der Waals surface area contributed by atoms with Gasteiger partial charge in [0.2, 0.25) is 5.89 Å². The second-order valence-corrected chi connectivity index (χ2v) is 5.86. The molecule has 0 atom stereocenters. The molecule has 0 bridgehead atoms. The van der Waals surface area contributed by atoms with Gasteiger partial charge in [0.15, 0.2) is 11.8 Å². The third-order valence-electron chi connectivity index (χ3n) is 3.71. The van der Waals surface area contributed by atoms with Crippen molar-refractivity contribution in [2.24, 2.45) is 16.6 Å². The highest BCUT2D eigenvalue weighted by molar-refractivity contribution is 5.78. The van der Waals surface area contributed by atoms with Crippen LogP contribution in [0, 0.1) is 5.92 Å². The molecule has 1 aliphatic rings. The van der Waals surface area contributed by atoms with Crippen molar-refractivity contribution >= 4 is 5.96 Å². The molecule has 1 aliphatic heterocycles. The van der Waals surface area contributed by atoms with Crippen LogP contribution in [-0.4, -0.2) is 40.6 Å². The quantitative estimate of drug-likeness (QED) is 0.671. The van der Waals surface area contributed by atoms with Crippen molar-refractivity contribution in [3.8, 4) is 0 Å². The Morgan fingerprint density at radius 1 is 1.45 bits per heavy atom. The van der Waals surface area contributed by atoms with E-state index < -0.39 is 0 Å². The third kappa shape index (κ3) is 3.95. The number of aliphatic imine (C=N–C) groups is 1. The van der Waals surface area contributed by atoms with E-state index in [2.05, 4.69) is 27.0 Å². The SMILES string of the molecule is CC1CCN(C(N)=NCCc2nc(C(C)C)no2)CC1. The van der Waals surface area contributed by atoms with E-state index in [4.69, 9.17) is 10.3 Å².